The van der Waals surface area contributed by atoms with Gasteiger partial charge in [0.05, 0.1) is 11.3 Å². The lowest BCUT2D eigenvalue weighted by Crippen LogP contribution is -2.30. The van der Waals surface area contributed by atoms with Crippen LogP contribution in [0.1, 0.15) is 30.1 Å². The van der Waals surface area contributed by atoms with Gasteiger partial charge in [-0.05, 0) is 25.1 Å². The maximum atomic E-state index is 12.1. The van der Waals surface area contributed by atoms with E-state index in [4.69, 9.17) is 9.88 Å². The molecule has 1 unspecified atom stereocenters. The molecule has 0 saturated heterocycles. The number of sulfonamides is 1. The van der Waals surface area contributed by atoms with Crippen LogP contribution >= 0.6 is 0 Å². The Morgan fingerprint density at radius 2 is 1.71 bits per heavy atom. The number of carbonyl (C=O) groups excluding carboxylic acids is 3. The number of rotatable bonds is 8. The zero-order valence-corrected chi connectivity index (χ0v) is 15.9. The van der Waals surface area contributed by atoms with E-state index in [9.17, 15) is 22.8 Å². The normalized spacial score (nSPS) is 12.1. The van der Waals surface area contributed by atoms with Crippen molar-refractivity contribution in [2.45, 2.75) is 30.8 Å². The molecular formula is C19H20N2O6S. The van der Waals surface area contributed by atoms with E-state index in [-0.39, 0.29) is 29.2 Å². The fourth-order valence-corrected chi connectivity index (χ4v) is 2.85. The van der Waals surface area contributed by atoms with Gasteiger partial charge in [0, 0.05) is 17.7 Å². The molecular weight excluding hydrogens is 384 g/mol. The first-order valence-electron chi connectivity index (χ1n) is 8.38. The number of ketones is 1. The second-order valence-electron chi connectivity index (χ2n) is 5.98. The van der Waals surface area contributed by atoms with Crippen molar-refractivity contribution in [3.8, 4) is 0 Å². The first-order chi connectivity index (χ1) is 13.2. The van der Waals surface area contributed by atoms with Crippen LogP contribution in [0.5, 0.6) is 0 Å². The van der Waals surface area contributed by atoms with Crippen molar-refractivity contribution in [3.05, 3.63) is 60.2 Å². The summed E-state index contributed by atoms with van der Waals surface area (Å²) in [4.78, 5) is 35.8. The zero-order valence-electron chi connectivity index (χ0n) is 15.1. The Morgan fingerprint density at radius 1 is 1.04 bits per heavy atom. The van der Waals surface area contributed by atoms with Crippen molar-refractivity contribution in [3.63, 3.8) is 0 Å². The van der Waals surface area contributed by atoms with Crippen LogP contribution in [0.15, 0.2) is 59.5 Å². The van der Waals surface area contributed by atoms with Gasteiger partial charge in [0.2, 0.25) is 10.0 Å². The first kappa shape index (κ1) is 21.3. The van der Waals surface area contributed by atoms with Gasteiger partial charge in [0.1, 0.15) is 0 Å². The van der Waals surface area contributed by atoms with Gasteiger partial charge in [0.15, 0.2) is 11.9 Å². The third-order valence-corrected chi connectivity index (χ3v) is 4.67. The van der Waals surface area contributed by atoms with Gasteiger partial charge in [-0.15, -0.1) is 0 Å². The van der Waals surface area contributed by atoms with Gasteiger partial charge in [-0.25, -0.2) is 13.6 Å². The van der Waals surface area contributed by atoms with Gasteiger partial charge in [0.25, 0.3) is 5.91 Å². The number of nitrogens with two attached hydrogens (primary N) is 1. The van der Waals surface area contributed by atoms with Gasteiger partial charge >= 0.3 is 5.97 Å². The fraction of sp³-hybridized carbons (Fsp3) is 0.211. The molecule has 1 atom stereocenters. The summed E-state index contributed by atoms with van der Waals surface area (Å²) in [6.07, 6.45) is -1.32. The van der Waals surface area contributed by atoms with E-state index in [1.165, 1.54) is 31.2 Å². The largest absolute Gasteiger partial charge is 0.453 e. The summed E-state index contributed by atoms with van der Waals surface area (Å²) in [6, 6.07) is 13.9. The van der Waals surface area contributed by atoms with Crippen LogP contribution in [0.2, 0.25) is 0 Å². The van der Waals surface area contributed by atoms with E-state index < -0.39 is 28.0 Å². The molecule has 8 nitrogen and oxygen atoms in total. The topological polar surface area (TPSA) is 133 Å². The number of hydrogen-bond acceptors (Lipinski definition) is 6. The molecule has 2 rings (SSSR count). The molecule has 28 heavy (non-hydrogen) atoms. The number of benzene rings is 2. The number of hydrogen-bond donors (Lipinski definition) is 2. The number of nitrogens with one attached hydrogen (secondary N) is 1. The van der Waals surface area contributed by atoms with Crippen LogP contribution in [-0.4, -0.2) is 32.2 Å². The second kappa shape index (κ2) is 9.25. The predicted octanol–water partition coefficient (Wildman–Crippen LogP) is 1.87. The SMILES string of the molecule is CC(OC(=O)CCC(=O)c1ccccc1)C(=O)Nc1cccc(S(N)(=O)=O)c1. The lowest BCUT2D eigenvalue weighted by atomic mass is 10.1. The van der Waals surface area contributed by atoms with Crippen LogP contribution in [0.25, 0.3) is 0 Å². The quantitative estimate of drug-likeness (QED) is 0.510. The van der Waals surface area contributed by atoms with Gasteiger partial charge in [-0.3, -0.25) is 14.4 Å². The number of Topliss-reactive ketones (excluding diaryl/α,β-unsaturated/α-hetero) is 1. The van der Waals surface area contributed by atoms with E-state index in [1.54, 1.807) is 30.3 Å². The number of primary sulfonamides is 1. The number of anilines is 1. The summed E-state index contributed by atoms with van der Waals surface area (Å²) >= 11 is 0. The van der Waals surface area contributed by atoms with Crippen molar-refractivity contribution in [2.24, 2.45) is 5.14 Å². The molecule has 148 valence electrons. The molecule has 1 amide bonds. The smallest absolute Gasteiger partial charge is 0.307 e. The molecule has 0 radical (unpaired) electrons. The molecule has 0 fully saturated rings. The minimum absolute atomic E-state index is 0.0341. The van der Waals surface area contributed by atoms with E-state index in [2.05, 4.69) is 5.32 Å². The Kier molecular flexibility index (Phi) is 7.02. The van der Waals surface area contributed by atoms with Gasteiger partial charge in [-0.1, -0.05) is 36.4 Å². The van der Waals surface area contributed by atoms with Crippen molar-refractivity contribution in [2.75, 3.05) is 5.32 Å². The molecule has 0 aliphatic rings. The van der Waals surface area contributed by atoms with Crippen LogP contribution in [0.4, 0.5) is 5.69 Å². The average molecular weight is 404 g/mol. The highest BCUT2D eigenvalue weighted by Gasteiger charge is 2.19. The Labute approximate surface area is 162 Å². The molecule has 9 heteroatoms. The Morgan fingerprint density at radius 3 is 2.36 bits per heavy atom. The lowest BCUT2D eigenvalue weighted by molar-refractivity contribution is -0.153. The summed E-state index contributed by atoms with van der Waals surface area (Å²) in [5, 5.41) is 7.49. The predicted molar refractivity (Wildman–Crippen MR) is 102 cm³/mol. The molecule has 0 aliphatic heterocycles. The minimum Gasteiger partial charge on any atom is -0.453 e. The summed E-state index contributed by atoms with van der Waals surface area (Å²) < 4.78 is 27.7. The minimum atomic E-state index is -3.91. The van der Waals surface area contributed by atoms with E-state index >= 15 is 0 Å². The number of ether oxygens (including phenoxy) is 1. The van der Waals surface area contributed by atoms with Crippen molar-refractivity contribution in [1.82, 2.24) is 0 Å². The Balaban J connectivity index is 1.86. The number of amides is 1. The molecule has 2 aromatic carbocycles. The van der Waals surface area contributed by atoms with Crippen LogP contribution < -0.4 is 10.5 Å². The zero-order chi connectivity index (χ0) is 20.7. The molecule has 3 N–H and O–H groups in total. The molecule has 0 heterocycles. The first-order valence-corrected chi connectivity index (χ1v) is 9.93. The Hall–Kier alpha value is -3.04. The molecule has 0 aliphatic carbocycles. The van der Waals surface area contributed by atoms with Crippen molar-refractivity contribution >= 4 is 33.4 Å². The highest BCUT2D eigenvalue weighted by molar-refractivity contribution is 7.89. The monoisotopic (exact) mass is 404 g/mol. The second-order valence-corrected chi connectivity index (χ2v) is 7.54. The molecule has 0 aromatic heterocycles. The average Bonchev–Trinajstić information content (AvgIpc) is 2.66. The standard InChI is InChI=1S/C19H20N2O6S/c1-13(19(24)21-15-8-5-9-16(12-15)28(20,25)26)27-18(23)11-10-17(22)14-6-3-2-4-7-14/h2-9,12-13H,10-11H2,1H3,(H,21,24)(H2,20,25,26). The third-order valence-electron chi connectivity index (χ3n) is 3.76. The lowest BCUT2D eigenvalue weighted by Gasteiger charge is -2.14. The van der Waals surface area contributed by atoms with Crippen LogP contribution in [0.3, 0.4) is 0 Å². The fourth-order valence-electron chi connectivity index (χ4n) is 2.29. The molecule has 0 bridgehead atoms. The highest BCUT2D eigenvalue weighted by atomic mass is 32.2. The van der Waals surface area contributed by atoms with Crippen LogP contribution in [-0.2, 0) is 24.3 Å². The highest BCUT2D eigenvalue weighted by Crippen LogP contribution is 2.15. The summed E-state index contributed by atoms with van der Waals surface area (Å²) in [5.41, 5.74) is 0.689. The molecule has 0 saturated carbocycles. The maximum Gasteiger partial charge on any atom is 0.307 e. The molecule has 2 aromatic rings. The van der Waals surface area contributed by atoms with Gasteiger partial charge in [-0.2, -0.15) is 0 Å². The molecule has 0 spiro atoms. The van der Waals surface area contributed by atoms with Crippen molar-refractivity contribution in [1.29, 1.82) is 0 Å². The number of carbonyl (C=O) groups is 3. The van der Waals surface area contributed by atoms with Crippen LogP contribution in [0, 0.1) is 0 Å². The third kappa shape index (κ3) is 6.29. The summed E-state index contributed by atoms with van der Waals surface area (Å²) in [6.45, 7) is 1.37. The van der Waals surface area contributed by atoms with E-state index in [1.807, 2.05) is 0 Å². The summed E-state index contributed by atoms with van der Waals surface area (Å²) in [5.74, 6) is -1.53. The van der Waals surface area contributed by atoms with E-state index in [0.717, 1.165) is 0 Å². The van der Waals surface area contributed by atoms with Crippen molar-refractivity contribution < 1.29 is 27.5 Å². The number of esters is 1. The Bertz CT molecular complexity index is 973. The van der Waals surface area contributed by atoms with Gasteiger partial charge < -0.3 is 10.1 Å². The van der Waals surface area contributed by atoms with E-state index in [0.29, 0.717) is 5.56 Å². The maximum absolute atomic E-state index is 12.1. The summed E-state index contributed by atoms with van der Waals surface area (Å²) in [7, 11) is -3.91.